The summed E-state index contributed by atoms with van der Waals surface area (Å²) >= 11 is 0. The molecule has 0 unspecified atom stereocenters. The van der Waals surface area contributed by atoms with Gasteiger partial charge in [-0.15, -0.1) is 0 Å². The summed E-state index contributed by atoms with van der Waals surface area (Å²) in [7, 11) is 1.68. The van der Waals surface area contributed by atoms with Crippen molar-refractivity contribution >= 4 is 0 Å². The number of hydrogen-bond acceptors (Lipinski definition) is 3. The molecule has 0 saturated carbocycles. The van der Waals surface area contributed by atoms with E-state index in [1.807, 2.05) is 19.1 Å². The fraction of sp³-hybridized carbons (Fsp3) is 0.571. The van der Waals surface area contributed by atoms with Gasteiger partial charge in [-0.3, -0.25) is 4.90 Å². The van der Waals surface area contributed by atoms with Crippen LogP contribution in [-0.2, 0) is 6.54 Å². The van der Waals surface area contributed by atoms with E-state index in [0.29, 0.717) is 0 Å². The summed E-state index contributed by atoms with van der Waals surface area (Å²) in [5.74, 6) is 0.898. The Hall–Kier alpha value is -1.06. The topological polar surface area (TPSA) is 32.7 Å². The van der Waals surface area contributed by atoms with Crippen molar-refractivity contribution in [2.45, 2.75) is 31.9 Å². The second kappa shape index (κ2) is 5.07. The van der Waals surface area contributed by atoms with Gasteiger partial charge in [0.2, 0.25) is 0 Å². The zero-order valence-corrected chi connectivity index (χ0v) is 10.6. The summed E-state index contributed by atoms with van der Waals surface area (Å²) in [4.78, 5) is 2.39. The second-order valence-corrected chi connectivity index (χ2v) is 5.12. The fourth-order valence-corrected chi connectivity index (χ4v) is 2.18. The average Bonchev–Trinajstić information content (AvgIpc) is 2.33. The maximum atomic E-state index is 9.88. The van der Waals surface area contributed by atoms with Gasteiger partial charge in [0.15, 0.2) is 0 Å². The molecule has 1 fully saturated rings. The largest absolute Gasteiger partial charge is 0.497 e. The van der Waals surface area contributed by atoms with Gasteiger partial charge in [-0.25, -0.2) is 0 Å². The van der Waals surface area contributed by atoms with Crippen LogP contribution in [0.1, 0.15) is 25.3 Å². The molecule has 0 atom stereocenters. The molecule has 1 aliphatic rings. The first-order valence-electron chi connectivity index (χ1n) is 6.17. The van der Waals surface area contributed by atoms with E-state index in [-0.39, 0.29) is 0 Å². The number of benzene rings is 1. The van der Waals surface area contributed by atoms with Crippen molar-refractivity contribution in [3.05, 3.63) is 29.8 Å². The van der Waals surface area contributed by atoms with Gasteiger partial charge in [0.05, 0.1) is 12.7 Å². The molecule has 3 nitrogen and oxygen atoms in total. The smallest absolute Gasteiger partial charge is 0.118 e. The Balaban J connectivity index is 1.89. The van der Waals surface area contributed by atoms with Crippen molar-refractivity contribution in [2.75, 3.05) is 20.2 Å². The summed E-state index contributed by atoms with van der Waals surface area (Å²) in [6.45, 7) is 4.83. The van der Waals surface area contributed by atoms with Crippen LogP contribution in [0.2, 0.25) is 0 Å². The minimum atomic E-state index is -0.462. The Bertz CT molecular complexity index is 349. The van der Waals surface area contributed by atoms with Crippen LogP contribution in [0, 0.1) is 0 Å². The summed E-state index contributed by atoms with van der Waals surface area (Å²) in [6, 6.07) is 8.20. The van der Waals surface area contributed by atoms with Gasteiger partial charge in [0, 0.05) is 19.6 Å². The Morgan fingerprint density at radius 2 is 1.82 bits per heavy atom. The summed E-state index contributed by atoms with van der Waals surface area (Å²) in [5.41, 5.74) is 0.837. The third-order valence-electron chi connectivity index (χ3n) is 3.50. The standard InChI is InChI=1S/C14H21NO2/c1-14(16)7-9-15(10-8-14)11-12-3-5-13(17-2)6-4-12/h3-6,16H,7-11H2,1-2H3. The van der Waals surface area contributed by atoms with E-state index >= 15 is 0 Å². The Labute approximate surface area is 103 Å². The second-order valence-electron chi connectivity index (χ2n) is 5.12. The molecule has 17 heavy (non-hydrogen) atoms. The van der Waals surface area contributed by atoms with Crippen LogP contribution in [0.4, 0.5) is 0 Å². The van der Waals surface area contributed by atoms with Gasteiger partial charge in [-0.05, 0) is 37.5 Å². The third-order valence-corrected chi connectivity index (χ3v) is 3.50. The Morgan fingerprint density at radius 3 is 2.35 bits per heavy atom. The van der Waals surface area contributed by atoms with Gasteiger partial charge in [0.25, 0.3) is 0 Å². The lowest BCUT2D eigenvalue weighted by Crippen LogP contribution is -2.41. The van der Waals surface area contributed by atoms with E-state index in [0.717, 1.165) is 38.2 Å². The Morgan fingerprint density at radius 1 is 1.24 bits per heavy atom. The molecule has 0 radical (unpaired) electrons. The van der Waals surface area contributed by atoms with Crippen LogP contribution >= 0.6 is 0 Å². The first-order chi connectivity index (χ1) is 8.09. The molecule has 0 aromatic heterocycles. The molecule has 1 aromatic carbocycles. The minimum absolute atomic E-state index is 0.462. The van der Waals surface area contributed by atoms with Gasteiger partial charge in [0.1, 0.15) is 5.75 Å². The van der Waals surface area contributed by atoms with E-state index in [2.05, 4.69) is 17.0 Å². The monoisotopic (exact) mass is 235 g/mol. The lowest BCUT2D eigenvalue weighted by atomic mass is 9.93. The molecule has 1 aromatic rings. The van der Waals surface area contributed by atoms with Crippen molar-refractivity contribution < 1.29 is 9.84 Å². The zero-order chi connectivity index (χ0) is 12.3. The molecule has 3 heteroatoms. The molecule has 2 rings (SSSR count). The number of rotatable bonds is 3. The molecule has 0 aliphatic carbocycles. The number of methoxy groups -OCH3 is 1. The van der Waals surface area contributed by atoms with Crippen LogP contribution < -0.4 is 4.74 Å². The van der Waals surface area contributed by atoms with Gasteiger partial charge >= 0.3 is 0 Å². The van der Waals surface area contributed by atoms with Gasteiger partial charge in [-0.1, -0.05) is 12.1 Å². The molecule has 0 spiro atoms. The summed E-state index contributed by atoms with van der Waals surface area (Å²) < 4.78 is 5.14. The highest BCUT2D eigenvalue weighted by Crippen LogP contribution is 2.22. The minimum Gasteiger partial charge on any atom is -0.497 e. The Kier molecular flexibility index (Phi) is 3.69. The van der Waals surface area contributed by atoms with Crippen LogP contribution in [0.5, 0.6) is 5.75 Å². The van der Waals surface area contributed by atoms with Crippen LogP contribution in [0.15, 0.2) is 24.3 Å². The highest BCUT2D eigenvalue weighted by Gasteiger charge is 2.26. The zero-order valence-electron chi connectivity index (χ0n) is 10.6. The van der Waals surface area contributed by atoms with E-state index in [4.69, 9.17) is 4.74 Å². The summed E-state index contributed by atoms with van der Waals surface area (Å²) in [6.07, 6.45) is 1.73. The molecule has 0 bridgehead atoms. The number of likely N-dealkylation sites (tertiary alicyclic amines) is 1. The van der Waals surface area contributed by atoms with Crippen LogP contribution in [-0.4, -0.2) is 35.8 Å². The highest BCUT2D eigenvalue weighted by molar-refractivity contribution is 5.27. The van der Waals surface area contributed by atoms with E-state index in [9.17, 15) is 5.11 Å². The highest BCUT2D eigenvalue weighted by atomic mass is 16.5. The maximum Gasteiger partial charge on any atom is 0.118 e. The molecular weight excluding hydrogens is 214 g/mol. The predicted octanol–water partition coefficient (Wildman–Crippen LogP) is 2.04. The first kappa shape index (κ1) is 12.4. The van der Waals surface area contributed by atoms with Crippen molar-refractivity contribution in [2.24, 2.45) is 0 Å². The van der Waals surface area contributed by atoms with Crippen molar-refractivity contribution in [3.63, 3.8) is 0 Å². The quantitative estimate of drug-likeness (QED) is 0.870. The summed E-state index contributed by atoms with van der Waals surface area (Å²) in [5, 5.41) is 9.88. The molecule has 0 amide bonds. The molecule has 1 saturated heterocycles. The normalized spacial score (nSPS) is 20.2. The van der Waals surface area contributed by atoms with Crippen molar-refractivity contribution in [3.8, 4) is 5.75 Å². The number of piperidine rings is 1. The van der Waals surface area contributed by atoms with Crippen LogP contribution in [0.25, 0.3) is 0 Å². The first-order valence-corrected chi connectivity index (χ1v) is 6.17. The number of hydrogen-bond donors (Lipinski definition) is 1. The average molecular weight is 235 g/mol. The predicted molar refractivity (Wildman–Crippen MR) is 68.1 cm³/mol. The van der Waals surface area contributed by atoms with Gasteiger partial charge in [-0.2, -0.15) is 0 Å². The molecule has 94 valence electrons. The number of ether oxygens (including phenoxy) is 1. The molecule has 1 N–H and O–H groups in total. The van der Waals surface area contributed by atoms with E-state index < -0.39 is 5.60 Å². The number of aliphatic hydroxyl groups is 1. The number of nitrogens with zero attached hydrogens (tertiary/aromatic N) is 1. The van der Waals surface area contributed by atoms with Gasteiger partial charge < -0.3 is 9.84 Å². The molecule has 1 heterocycles. The molecular formula is C14H21NO2. The molecule has 1 aliphatic heterocycles. The van der Waals surface area contributed by atoms with Crippen LogP contribution in [0.3, 0.4) is 0 Å². The third kappa shape index (κ3) is 3.45. The van der Waals surface area contributed by atoms with E-state index in [1.165, 1.54) is 5.56 Å². The fourth-order valence-electron chi connectivity index (χ4n) is 2.18. The maximum absolute atomic E-state index is 9.88. The lowest BCUT2D eigenvalue weighted by molar-refractivity contribution is -0.00730. The SMILES string of the molecule is COc1ccc(CN2CCC(C)(O)CC2)cc1. The van der Waals surface area contributed by atoms with Crippen molar-refractivity contribution in [1.29, 1.82) is 0 Å². The van der Waals surface area contributed by atoms with E-state index in [1.54, 1.807) is 7.11 Å². The lowest BCUT2D eigenvalue weighted by Gasteiger charge is -2.35. The van der Waals surface area contributed by atoms with Crippen molar-refractivity contribution in [1.82, 2.24) is 4.90 Å².